The van der Waals surface area contributed by atoms with Crippen molar-refractivity contribution in [1.29, 1.82) is 0 Å². The van der Waals surface area contributed by atoms with Gasteiger partial charge >= 0.3 is 0 Å². The summed E-state index contributed by atoms with van der Waals surface area (Å²) in [5.74, 6) is -0.203. The molecule has 0 aliphatic heterocycles. The molecule has 0 fully saturated rings. The number of benzene rings is 1. The van der Waals surface area contributed by atoms with Crippen molar-refractivity contribution in [3.63, 3.8) is 0 Å². The number of amides is 1. The molecular weight excluding hydrogens is 300 g/mol. The molecule has 24 heavy (non-hydrogen) atoms. The van der Waals surface area contributed by atoms with E-state index in [-0.39, 0.29) is 17.1 Å². The molecule has 4 heteroatoms. The lowest BCUT2D eigenvalue weighted by Gasteiger charge is -2.26. The third kappa shape index (κ3) is 6.44. The lowest BCUT2D eigenvalue weighted by atomic mass is 9.84. The van der Waals surface area contributed by atoms with Gasteiger partial charge in [-0.2, -0.15) is 0 Å². The maximum Gasteiger partial charge on any atom is 0.252 e. The zero-order chi connectivity index (χ0) is 18.5. The Kier molecular flexibility index (Phi) is 6.73. The second-order valence-corrected chi connectivity index (χ2v) is 8.68. The van der Waals surface area contributed by atoms with E-state index in [4.69, 9.17) is 0 Å². The average molecular weight is 332 g/mol. The Morgan fingerprint density at radius 3 is 2.04 bits per heavy atom. The van der Waals surface area contributed by atoms with Crippen molar-refractivity contribution in [2.24, 2.45) is 10.8 Å². The molecule has 0 bridgehead atoms. The molecule has 0 atom stereocenters. The topological polar surface area (TPSA) is 49.4 Å². The fraction of sp³-hybridized carbons (Fsp3) is 0.600. The van der Waals surface area contributed by atoms with Crippen molar-refractivity contribution in [2.75, 3.05) is 26.7 Å². The van der Waals surface area contributed by atoms with E-state index in [1.54, 1.807) is 24.3 Å². The van der Waals surface area contributed by atoms with Crippen LogP contribution in [0.15, 0.2) is 24.3 Å². The van der Waals surface area contributed by atoms with E-state index in [0.717, 1.165) is 13.1 Å². The highest BCUT2D eigenvalue weighted by Crippen LogP contribution is 2.23. The fourth-order valence-corrected chi connectivity index (χ4v) is 2.63. The molecule has 1 rings (SSSR count). The third-order valence-electron chi connectivity index (χ3n) is 3.62. The van der Waals surface area contributed by atoms with E-state index in [0.29, 0.717) is 17.7 Å². The Morgan fingerprint density at radius 2 is 1.54 bits per heavy atom. The van der Waals surface area contributed by atoms with Crippen molar-refractivity contribution in [3.05, 3.63) is 35.4 Å². The van der Waals surface area contributed by atoms with Gasteiger partial charge in [-0.25, -0.2) is 0 Å². The predicted octanol–water partition coefficient (Wildman–Crippen LogP) is 3.62. The molecule has 4 nitrogen and oxygen atoms in total. The van der Waals surface area contributed by atoms with Gasteiger partial charge in [0, 0.05) is 30.6 Å². The molecule has 0 aliphatic rings. The van der Waals surface area contributed by atoms with Crippen LogP contribution in [0.1, 0.15) is 62.3 Å². The van der Waals surface area contributed by atoms with Crippen LogP contribution in [0.5, 0.6) is 0 Å². The summed E-state index contributed by atoms with van der Waals surface area (Å²) in [5, 5.41) is 2.93. The van der Waals surface area contributed by atoms with Gasteiger partial charge in [-0.15, -0.1) is 0 Å². The number of hydrogen-bond acceptors (Lipinski definition) is 3. The van der Waals surface area contributed by atoms with Gasteiger partial charge < -0.3 is 10.2 Å². The van der Waals surface area contributed by atoms with E-state index in [1.165, 1.54) is 0 Å². The second-order valence-electron chi connectivity index (χ2n) is 8.68. The van der Waals surface area contributed by atoms with E-state index >= 15 is 0 Å². The number of Topliss-reactive ketones (excluding diaryl/α,β-unsaturated/α-hetero) is 1. The second kappa shape index (κ2) is 7.93. The first kappa shape index (κ1) is 20.4. The molecule has 1 amide bonds. The molecule has 1 aromatic rings. The van der Waals surface area contributed by atoms with Gasteiger partial charge in [-0.1, -0.05) is 59.7 Å². The van der Waals surface area contributed by atoms with Gasteiger partial charge in [0.2, 0.25) is 0 Å². The van der Waals surface area contributed by atoms with Crippen molar-refractivity contribution < 1.29 is 9.59 Å². The molecule has 0 saturated carbocycles. The van der Waals surface area contributed by atoms with Crippen LogP contribution in [-0.2, 0) is 0 Å². The predicted molar refractivity (Wildman–Crippen MR) is 99.5 cm³/mol. The van der Waals surface area contributed by atoms with Crippen molar-refractivity contribution in [3.8, 4) is 0 Å². The van der Waals surface area contributed by atoms with Crippen LogP contribution in [0.2, 0.25) is 0 Å². The number of hydrogen-bond donors (Lipinski definition) is 1. The summed E-state index contributed by atoms with van der Waals surface area (Å²) >= 11 is 0. The lowest BCUT2D eigenvalue weighted by molar-refractivity contribution is 0.0846. The quantitative estimate of drug-likeness (QED) is 0.809. The fourth-order valence-electron chi connectivity index (χ4n) is 2.63. The van der Waals surface area contributed by atoms with Gasteiger partial charge in [0.1, 0.15) is 0 Å². The Bertz CT molecular complexity index is 580. The molecule has 0 saturated heterocycles. The number of rotatable bonds is 6. The highest BCUT2D eigenvalue weighted by molar-refractivity contribution is 6.09. The maximum atomic E-state index is 12.5. The molecule has 0 aromatic heterocycles. The zero-order valence-electron chi connectivity index (χ0n) is 16.2. The Morgan fingerprint density at radius 1 is 1.00 bits per heavy atom. The lowest BCUT2D eigenvalue weighted by Crippen LogP contribution is -2.37. The number of likely N-dealkylation sites (N-methyl/N-ethyl adjacent to an activating group) is 1. The van der Waals surface area contributed by atoms with Crippen LogP contribution < -0.4 is 5.32 Å². The van der Waals surface area contributed by atoms with Gasteiger partial charge in [0.05, 0.1) is 5.56 Å². The maximum absolute atomic E-state index is 12.5. The molecule has 1 N–H and O–H groups in total. The summed E-state index contributed by atoms with van der Waals surface area (Å²) in [6.07, 6.45) is 0. The monoisotopic (exact) mass is 332 g/mol. The zero-order valence-corrected chi connectivity index (χ0v) is 16.2. The summed E-state index contributed by atoms with van der Waals surface area (Å²) in [5.41, 5.74) is 0.662. The molecular formula is C20H32N2O2. The first-order valence-electron chi connectivity index (χ1n) is 8.52. The summed E-state index contributed by atoms with van der Waals surface area (Å²) in [6, 6.07) is 7.04. The van der Waals surface area contributed by atoms with Crippen LogP contribution in [-0.4, -0.2) is 43.3 Å². The minimum Gasteiger partial charge on any atom is -0.351 e. The Hall–Kier alpha value is -1.68. The van der Waals surface area contributed by atoms with E-state index in [1.807, 2.05) is 20.8 Å². The van der Waals surface area contributed by atoms with E-state index < -0.39 is 5.41 Å². The summed E-state index contributed by atoms with van der Waals surface area (Å²) in [7, 11) is 2.05. The first-order valence-corrected chi connectivity index (χ1v) is 8.52. The average Bonchev–Trinajstić information content (AvgIpc) is 2.43. The summed E-state index contributed by atoms with van der Waals surface area (Å²) < 4.78 is 0. The highest BCUT2D eigenvalue weighted by Gasteiger charge is 2.26. The number of carbonyl (C=O) groups excluding carboxylic acids is 2. The minimum absolute atomic E-state index is 0.0156. The largest absolute Gasteiger partial charge is 0.351 e. The molecule has 134 valence electrons. The molecule has 0 radical (unpaired) electrons. The highest BCUT2D eigenvalue weighted by atomic mass is 16.2. The van der Waals surface area contributed by atoms with Crippen LogP contribution >= 0.6 is 0 Å². The van der Waals surface area contributed by atoms with Crippen LogP contribution in [0.3, 0.4) is 0 Å². The minimum atomic E-state index is -0.511. The standard InChI is InChI=1S/C20H32N2O2/c1-19(2,3)14-22(7)13-12-21-18(24)16-11-9-8-10-15(16)17(23)20(4,5)6/h8-11H,12-14H2,1-7H3,(H,21,24). The third-order valence-corrected chi connectivity index (χ3v) is 3.62. The SMILES string of the molecule is CN(CCNC(=O)c1ccccc1C(=O)C(C)(C)C)CC(C)(C)C. The summed E-state index contributed by atoms with van der Waals surface area (Å²) in [4.78, 5) is 27.2. The van der Waals surface area contributed by atoms with Crippen LogP contribution in [0.4, 0.5) is 0 Å². The molecule has 0 unspecified atom stereocenters. The van der Waals surface area contributed by atoms with Gasteiger partial charge in [0.25, 0.3) is 5.91 Å². The van der Waals surface area contributed by atoms with E-state index in [9.17, 15) is 9.59 Å². The number of ketones is 1. The number of nitrogens with zero attached hydrogens (tertiary/aromatic N) is 1. The first-order chi connectivity index (χ1) is 10.9. The Balaban J connectivity index is 2.71. The summed E-state index contributed by atoms with van der Waals surface area (Å²) in [6.45, 7) is 14.5. The molecule has 0 spiro atoms. The van der Waals surface area contributed by atoms with Crippen molar-refractivity contribution >= 4 is 11.7 Å². The Labute approximate surface area is 146 Å². The van der Waals surface area contributed by atoms with Gasteiger partial charge in [-0.05, 0) is 18.5 Å². The smallest absolute Gasteiger partial charge is 0.252 e. The molecule has 0 aliphatic carbocycles. The van der Waals surface area contributed by atoms with Crippen molar-refractivity contribution in [2.45, 2.75) is 41.5 Å². The van der Waals surface area contributed by atoms with Crippen molar-refractivity contribution in [1.82, 2.24) is 10.2 Å². The number of carbonyl (C=O) groups is 2. The van der Waals surface area contributed by atoms with Gasteiger partial charge in [-0.3, -0.25) is 9.59 Å². The normalized spacial score (nSPS) is 12.3. The van der Waals surface area contributed by atoms with Crippen LogP contribution in [0, 0.1) is 10.8 Å². The van der Waals surface area contributed by atoms with E-state index in [2.05, 4.69) is 38.0 Å². The number of nitrogens with one attached hydrogen (secondary N) is 1. The molecule has 0 heterocycles. The molecule has 1 aromatic carbocycles. The van der Waals surface area contributed by atoms with Gasteiger partial charge in [0.15, 0.2) is 5.78 Å². The van der Waals surface area contributed by atoms with Crippen LogP contribution in [0.25, 0.3) is 0 Å².